The van der Waals surface area contributed by atoms with Crippen LogP contribution in [0.3, 0.4) is 0 Å². The van der Waals surface area contributed by atoms with Crippen molar-refractivity contribution in [3.8, 4) is 11.5 Å². The SMILES string of the molecule is CNCc1ccc(Cl)cc1Oc1ccc2c(c1)COC2. The molecule has 0 atom stereocenters. The Morgan fingerprint density at radius 1 is 1.15 bits per heavy atom. The summed E-state index contributed by atoms with van der Waals surface area (Å²) in [5, 5.41) is 3.80. The van der Waals surface area contributed by atoms with Gasteiger partial charge in [-0.1, -0.05) is 23.7 Å². The lowest BCUT2D eigenvalue weighted by atomic mass is 10.1. The molecule has 0 fully saturated rings. The summed E-state index contributed by atoms with van der Waals surface area (Å²) in [5.41, 5.74) is 3.51. The van der Waals surface area contributed by atoms with Crippen LogP contribution in [-0.2, 0) is 24.5 Å². The number of benzene rings is 2. The summed E-state index contributed by atoms with van der Waals surface area (Å²) in [4.78, 5) is 0. The molecule has 2 aromatic carbocycles. The maximum atomic E-state index is 6.06. The Bertz CT molecular complexity index is 628. The molecule has 0 saturated heterocycles. The molecule has 0 aromatic heterocycles. The van der Waals surface area contributed by atoms with Crippen molar-refractivity contribution in [2.75, 3.05) is 7.05 Å². The zero-order chi connectivity index (χ0) is 13.9. The highest BCUT2D eigenvalue weighted by atomic mass is 35.5. The number of nitrogens with one attached hydrogen (secondary N) is 1. The number of ether oxygens (including phenoxy) is 2. The number of fused-ring (bicyclic) bond motifs is 1. The molecule has 0 bridgehead atoms. The molecular formula is C16H16ClNO2. The van der Waals surface area contributed by atoms with Gasteiger partial charge in [0, 0.05) is 17.1 Å². The van der Waals surface area contributed by atoms with E-state index in [0.29, 0.717) is 18.2 Å². The Morgan fingerprint density at radius 3 is 2.85 bits per heavy atom. The first kappa shape index (κ1) is 13.4. The van der Waals surface area contributed by atoms with Crippen LogP contribution in [-0.4, -0.2) is 7.05 Å². The van der Waals surface area contributed by atoms with Gasteiger partial charge in [0.25, 0.3) is 0 Å². The summed E-state index contributed by atoms with van der Waals surface area (Å²) in [6.07, 6.45) is 0. The van der Waals surface area contributed by atoms with E-state index < -0.39 is 0 Å². The first-order valence-electron chi connectivity index (χ1n) is 6.56. The van der Waals surface area contributed by atoms with Gasteiger partial charge in [-0.2, -0.15) is 0 Å². The summed E-state index contributed by atoms with van der Waals surface area (Å²) in [7, 11) is 1.91. The highest BCUT2D eigenvalue weighted by molar-refractivity contribution is 6.30. The van der Waals surface area contributed by atoms with Crippen LogP contribution in [0.15, 0.2) is 36.4 Å². The van der Waals surface area contributed by atoms with Crippen molar-refractivity contribution in [1.82, 2.24) is 5.32 Å². The second-order valence-electron chi connectivity index (χ2n) is 4.81. The van der Waals surface area contributed by atoms with Gasteiger partial charge >= 0.3 is 0 Å². The summed E-state index contributed by atoms with van der Waals surface area (Å²) >= 11 is 6.06. The van der Waals surface area contributed by atoms with Gasteiger partial charge in [-0.25, -0.2) is 0 Å². The molecule has 1 N–H and O–H groups in total. The smallest absolute Gasteiger partial charge is 0.133 e. The third-order valence-corrected chi connectivity index (χ3v) is 3.55. The number of rotatable bonds is 4. The van der Waals surface area contributed by atoms with Gasteiger partial charge in [-0.15, -0.1) is 0 Å². The molecule has 1 aliphatic rings. The number of hydrogen-bond donors (Lipinski definition) is 1. The Kier molecular flexibility index (Phi) is 3.92. The maximum absolute atomic E-state index is 6.06. The zero-order valence-corrected chi connectivity index (χ0v) is 12.0. The molecule has 0 spiro atoms. The molecule has 0 aliphatic carbocycles. The van der Waals surface area contributed by atoms with Crippen LogP contribution < -0.4 is 10.1 Å². The van der Waals surface area contributed by atoms with Gasteiger partial charge in [0.05, 0.1) is 13.2 Å². The third kappa shape index (κ3) is 2.80. The highest BCUT2D eigenvalue weighted by Gasteiger charge is 2.13. The van der Waals surface area contributed by atoms with Crippen molar-refractivity contribution in [2.24, 2.45) is 0 Å². The van der Waals surface area contributed by atoms with Gasteiger partial charge in [0.15, 0.2) is 0 Å². The van der Waals surface area contributed by atoms with E-state index in [1.807, 2.05) is 37.4 Å². The van der Waals surface area contributed by atoms with E-state index in [9.17, 15) is 0 Å². The Balaban J connectivity index is 1.88. The molecular weight excluding hydrogens is 274 g/mol. The molecule has 104 valence electrons. The van der Waals surface area contributed by atoms with Gasteiger partial charge in [0.1, 0.15) is 11.5 Å². The standard InChI is InChI=1S/C16H16ClNO2/c1-18-8-11-2-4-14(17)7-16(11)20-15-5-3-12-9-19-10-13(12)6-15/h2-7,18H,8-10H2,1H3. The normalized spacial score (nSPS) is 13.3. The number of halogens is 1. The van der Waals surface area contributed by atoms with Gasteiger partial charge in [-0.05, 0) is 42.4 Å². The average Bonchev–Trinajstić information content (AvgIpc) is 2.89. The molecule has 20 heavy (non-hydrogen) atoms. The van der Waals surface area contributed by atoms with Crippen LogP contribution in [0.25, 0.3) is 0 Å². The van der Waals surface area contributed by atoms with Crippen molar-refractivity contribution >= 4 is 11.6 Å². The van der Waals surface area contributed by atoms with Crippen LogP contribution in [0.1, 0.15) is 16.7 Å². The van der Waals surface area contributed by atoms with Crippen LogP contribution in [0.4, 0.5) is 0 Å². The van der Waals surface area contributed by atoms with Crippen LogP contribution in [0.2, 0.25) is 5.02 Å². The lowest BCUT2D eigenvalue weighted by Crippen LogP contribution is -2.06. The monoisotopic (exact) mass is 289 g/mol. The zero-order valence-electron chi connectivity index (χ0n) is 11.3. The molecule has 0 amide bonds. The second-order valence-corrected chi connectivity index (χ2v) is 5.24. The Hall–Kier alpha value is -1.55. The van der Waals surface area contributed by atoms with Crippen molar-refractivity contribution in [3.05, 3.63) is 58.1 Å². The molecule has 3 nitrogen and oxygen atoms in total. The fourth-order valence-electron chi connectivity index (χ4n) is 2.30. The van der Waals surface area contributed by atoms with Crippen molar-refractivity contribution in [2.45, 2.75) is 19.8 Å². The third-order valence-electron chi connectivity index (χ3n) is 3.32. The van der Waals surface area contributed by atoms with E-state index >= 15 is 0 Å². The molecule has 0 radical (unpaired) electrons. The molecule has 4 heteroatoms. The molecule has 2 aromatic rings. The fraction of sp³-hybridized carbons (Fsp3) is 0.250. The van der Waals surface area contributed by atoms with Gasteiger partial charge in [-0.3, -0.25) is 0 Å². The van der Waals surface area contributed by atoms with Gasteiger partial charge < -0.3 is 14.8 Å². The van der Waals surface area contributed by atoms with Crippen molar-refractivity contribution in [3.63, 3.8) is 0 Å². The number of hydrogen-bond acceptors (Lipinski definition) is 3. The van der Waals surface area contributed by atoms with E-state index in [1.165, 1.54) is 11.1 Å². The topological polar surface area (TPSA) is 30.5 Å². The van der Waals surface area contributed by atoms with E-state index in [0.717, 1.165) is 23.6 Å². The second kappa shape index (κ2) is 5.83. The predicted molar refractivity (Wildman–Crippen MR) is 79.2 cm³/mol. The lowest BCUT2D eigenvalue weighted by Gasteiger charge is -2.12. The summed E-state index contributed by atoms with van der Waals surface area (Å²) in [6, 6.07) is 11.8. The molecule has 0 saturated carbocycles. The quantitative estimate of drug-likeness (QED) is 0.926. The predicted octanol–water partition coefficient (Wildman–Crippen LogP) is 3.88. The minimum absolute atomic E-state index is 0.658. The van der Waals surface area contributed by atoms with E-state index in [4.69, 9.17) is 21.1 Å². The summed E-state index contributed by atoms with van der Waals surface area (Å²) in [5.74, 6) is 1.60. The first-order valence-corrected chi connectivity index (χ1v) is 6.94. The Morgan fingerprint density at radius 2 is 2.00 bits per heavy atom. The molecule has 3 rings (SSSR count). The molecule has 1 aliphatic heterocycles. The summed E-state index contributed by atoms with van der Waals surface area (Å²) < 4.78 is 11.4. The lowest BCUT2D eigenvalue weighted by molar-refractivity contribution is 0.134. The highest BCUT2D eigenvalue weighted by Crippen LogP contribution is 2.31. The van der Waals surface area contributed by atoms with Crippen molar-refractivity contribution < 1.29 is 9.47 Å². The van der Waals surface area contributed by atoms with Crippen LogP contribution >= 0.6 is 11.6 Å². The van der Waals surface area contributed by atoms with E-state index in [-0.39, 0.29) is 0 Å². The minimum Gasteiger partial charge on any atom is -0.457 e. The maximum Gasteiger partial charge on any atom is 0.133 e. The van der Waals surface area contributed by atoms with Crippen LogP contribution in [0.5, 0.6) is 11.5 Å². The Labute approximate surface area is 123 Å². The fourth-order valence-corrected chi connectivity index (χ4v) is 2.46. The molecule has 0 unspecified atom stereocenters. The van der Waals surface area contributed by atoms with Gasteiger partial charge in [0.2, 0.25) is 0 Å². The van der Waals surface area contributed by atoms with E-state index in [2.05, 4.69) is 11.4 Å². The van der Waals surface area contributed by atoms with Crippen molar-refractivity contribution in [1.29, 1.82) is 0 Å². The first-order chi connectivity index (χ1) is 9.76. The van der Waals surface area contributed by atoms with E-state index in [1.54, 1.807) is 0 Å². The van der Waals surface area contributed by atoms with Crippen LogP contribution in [0, 0.1) is 0 Å². The molecule has 1 heterocycles. The minimum atomic E-state index is 0.658. The summed E-state index contributed by atoms with van der Waals surface area (Å²) in [6.45, 7) is 2.09. The average molecular weight is 290 g/mol. The largest absolute Gasteiger partial charge is 0.457 e.